The van der Waals surface area contributed by atoms with Crippen LogP contribution in [0.2, 0.25) is 10.0 Å². The molecule has 0 aliphatic heterocycles. The monoisotopic (exact) mass is 268 g/mol. The molecule has 0 fully saturated rings. The van der Waals surface area contributed by atoms with Crippen molar-refractivity contribution in [3.8, 4) is 0 Å². The Bertz CT molecular complexity index is 553. The number of halogens is 2. The van der Waals surface area contributed by atoms with Gasteiger partial charge in [0.25, 0.3) is 0 Å². The lowest BCUT2D eigenvalue weighted by atomic mass is 10.1. The van der Waals surface area contributed by atoms with Crippen LogP contribution in [-0.2, 0) is 0 Å². The molecule has 0 bridgehead atoms. The van der Waals surface area contributed by atoms with Crippen molar-refractivity contribution in [1.29, 1.82) is 0 Å². The zero-order valence-corrected chi connectivity index (χ0v) is 11.4. The summed E-state index contributed by atoms with van der Waals surface area (Å²) in [6.07, 6.45) is 2.80. The molecule has 17 heavy (non-hydrogen) atoms. The van der Waals surface area contributed by atoms with Crippen LogP contribution in [0.4, 0.5) is 5.69 Å². The second-order valence-electron chi connectivity index (χ2n) is 4.00. The van der Waals surface area contributed by atoms with Crippen LogP contribution in [0.5, 0.6) is 0 Å². The molecule has 0 aliphatic rings. The van der Waals surface area contributed by atoms with Gasteiger partial charge in [-0.05, 0) is 31.0 Å². The van der Waals surface area contributed by atoms with E-state index in [-0.39, 0.29) is 0 Å². The number of aromatic nitrogens is 1. The van der Waals surface area contributed by atoms with Gasteiger partial charge in [-0.1, -0.05) is 30.1 Å². The standard InChI is InChI=1S/C13H14Cl2N2/c1-3-5-16-10-4-6-17-13-9(14)7-8(2)12(15)11(10)13/h4,6-7H,3,5H2,1-2H3,(H,16,17). The third-order valence-electron chi connectivity index (χ3n) is 2.65. The summed E-state index contributed by atoms with van der Waals surface area (Å²) in [5.74, 6) is 0. The van der Waals surface area contributed by atoms with Gasteiger partial charge in [0.15, 0.2) is 0 Å². The lowest BCUT2D eigenvalue weighted by molar-refractivity contribution is 0.981. The molecule has 0 atom stereocenters. The number of pyridine rings is 1. The Kier molecular flexibility index (Phi) is 3.75. The van der Waals surface area contributed by atoms with Gasteiger partial charge in [0.05, 0.1) is 15.6 Å². The first-order chi connectivity index (χ1) is 8.15. The number of rotatable bonds is 3. The number of fused-ring (bicyclic) bond motifs is 1. The lowest BCUT2D eigenvalue weighted by Crippen LogP contribution is -2.01. The van der Waals surface area contributed by atoms with E-state index in [4.69, 9.17) is 23.2 Å². The van der Waals surface area contributed by atoms with Gasteiger partial charge < -0.3 is 5.32 Å². The van der Waals surface area contributed by atoms with Gasteiger partial charge >= 0.3 is 0 Å². The lowest BCUT2D eigenvalue weighted by Gasteiger charge is -2.12. The molecular formula is C13H14Cl2N2. The smallest absolute Gasteiger partial charge is 0.0924 e. The van der Waals surface area contributed by atoms with Crippen molar-refractivity contribution in [2.45, 2.75) is 20.3 Å². The molecular weight excluding hydrogens is 255 g/mol. The molecule has 4 heteroatoms. The van der Waals surface area contributed by atoms with Gasteiger partial charge in [0.1, 0.15) is 0 Å². The van der Waals surface area contributed by atoms with Gasteiger partial charge in [0, 0.05) is 23.8 Å². The minimum Gasteiger partial charge on any atom is -0.384 e. The zero-order valence-electron chi connectivity index (χ0n) is 9.85. The maximum atomic E-state index is 6.34. The Balaban J connectivity index is 2.69. The molecule has 90 valence electrons. The number of anilines is 1. The van der Waals surface area contributed by atoms with E-state index in [9.17, 15) is 0 Å². The third kappa shape index (κ3) is 2.33. The van der Waals surface area contributed by atoms with Gasteiger partial charge in [-0.15, -0.1) is 0 Å². The van der Waals surface area contributed by atoms with Crippen LogP contribution in [0.25, 0.3) is 10.9 Å². The van der Waals surface area contributed by atoms with Gasteiger partial charge in [-0.25, -0.2) is 0 Å². The van der Waals surface area contributed by atoms with E-state index in [2.05, 4.69) is 17.2 Å². The van der Waals surface area contributed by atoms with Crippen molar-refractivity contribution in [3.63, 3.8) is 0 Å². The van der Waals surface area contributed by atoms with E-state index >= 15 is 0 Å². The SMILES string of the molecule is CCCNc1ccnc2c(Cl)cc(C)c(Cl)c12. The van der Waals surface area contributed by atoms with Crippen molar-refractivity contribution >= 4 is 39.8 Å². The molecule has 0 aliphatic carbocycles. The summed E-state index contributed by atoms with van der Waals surface area (Å²) >= 11 is 12.5. The largest absolute Gasteiger partial charge is 0.384 e. The topological polar surface area (TPSA) is 24.9 Å². The summed E-state index contributed by atoms with van der Waals surface area (Å²) in [5, 5.41) is 5.62. The highest BCUT2D eigenvalue weighted by molar-refractivity contribution is 6.41. The minimum atomic E-state index is 0.641. The summed E-state index contributed by atoms with van der Waals surface area (Å²) in [7, 11) is 0. The Hall–Kier alpha value is -0.990. The summed E-state index contributed by atoms with van der Waals surface area (Å²) in [6.45, 7) is 4.97. The summed E-state index contributed by atoms with van der Waals surface area (Å²) < 4.78 is 0. The number of hydrogen-bond donors (Lipinski definition) is 1. The maximum Gasteiger partial charge on any atom is 0.0924 e. The number of nitrogens with one attached hydrogen (secondary N) is 1. The molecule has 0 saturated carbocycles. The molecule has 0 amide bonds. The van der Waals surface area contributed by atoms with E-state index in [1.807, 2.05) is 19.1 Å². The first-order valence-corrected chi connectivity index (χ1v) is 6.38. The predicted octanol–water partition coefficient (Wildman–Crippen LogP) is 4.67. The van der Waals surface area contributed by atoms with E-state index in [1.165, 1.54) is 0 Å². The Labute approximate surface area is 111 Å². The fraction of sp³-hybridized carbons (Fsp3) is 0.308. The first kappa shape index (κ1) is 12.5. The molecule has 0 radical (unpaired) electrons. The highest BCUT2D eigenvalue weighted by Crippen LogP contribution is 2.35. The molecule has 2 rings (SSSR count). The number of benzene rings is 1. The average Bonchev–Trinajstić information content (AvgIpc) is 2.33. The molecule has 2 nitrogen and oxygen atoms in total. The Morgan fingerprint density at radius 2 is 2.12 bits per heavy atom. The second kappa shape index (κ2) is 5.11. The van der Waals surface area contributed by atoms with Gasteiger partial charge in [-0.2, -0.15) is 0 Å². The van der Waals surface area contributed by atoms with Crippen LogP contribution in [0, 0.1) is 6.92 Å². The van der Waals surface area contributed by atoms with Crippen LogP contribution >= 0.6 is 23.2 Å². The van der Waals surface area contributed by atoms with Crippen molar-refractivity contribution in [2.24, 2.45) is 0 Å². The highest BCUT2D eigenvalue weighted by Gasteiger charge is 2.11. The molecule has 2 aromatic rings. The van der Waals surface area contributed by atoms with E-state index < -0.39 is 0 Å². The maximum absolute atomic E-state index is 6.34. The molecule has 0 spiro atoms. The molecule has 0 unspecified atom stereocenters. The van der Waals surface area contributed by atoms with Gasteiger partial charge in [-0.3, -0.25) is 4.98 Å². The zero-order chi connectivity index (χ0) is 12.4. The van der Waals surface area contributed by atoms with Crippen LogP contribution in [0.3, 0.4) is 0 Å². The molecule has 1 N–H and O–H groups in total. The fourth-order valence-electron chi connectivity index (χ4n) is 1.79. The van der Waals surface area contributed by atoms with E-state index in [1.54, 1.807) is 6.20 Å². The Morgan fingerprint density at radius 3 is 2.82 bits per heavy atom. The summed E-state index contributed by atoms with van der Waals surface area (Å²) in [6, 6.07) is 3.78. The minimum absolute atomic E-state index is 0.641. The second-order valence-corrected chi connectivity index (χ2v) is 4.78. The number of nitrogens with zero attached hydrogens (tertiary/aromatic N) is 1. The normalized spacial score (nSPS) is 10.8. The Morgan fingerprint density at radius 1 is 1.35 bits per heavy atom. The molecule has 1 aromatic carbocycles. The molecule has 0 saturated heterocycles. The van der Waals surface area contributed by atoms with Crippen molar-refractivity contribution in [2.75, 3.05) is 11.9 Å². The fourth-order valence-corrected chi connectivity index (χ4v) is 2.34. The van der Waals surface area contributed by atoms with Crippen LogP contribution < -0.4 is 5.32 Å². The third-order valence-corrected chi connectivity index (χ3v) is 3.43. The van der Waals surface area contributed by atoms with Crippen LogP contribution in [0.15, 0.2) is 18.3 Å². The summed E-state index contributed by atoms with van der Waals surface area (Å²) in [5.41, 5.74) is 2.72. The van der Waals surface area contributed by atoms with E-state index in [0.29, 0.717) is 5.02 Å². The van der Waals surface area contributed by atoms with Crippen molar-refractivity contribution in [3.05, 3.63) is 33.9 Å². The van der Waals surface area contributed by atoms with Crippen molar-refractivity contribution < 1.29 is 0 Å². The number of aryl methyl sites for hydroxylation is 1. The summed E-state index contributed by atoms with van der Waals surface area (Å²) in [4.78, 5) is 4.30. The van der Waals surface area contributed by atoms with Crippen LogP contribution in [0.1, 0.15) is 18.9 Å². The van der Waals surface area contributed by atoms with Gasteiger partial charge in [0.2, 0.25) is 0 Å². The molecule has 1 aromatic heterocycles. The predicted molar refractivity (Wildman–Crippen MR) is 75.3 cm³/mol. The molecule has 1 heterocycles. The number of hydrogen-bond acceptors (Lipinski definition) is 2. The van der Waals surface area contributed by atoms with Crippen molar-refractivity contribution in [1.82, 2.24) is 4.98 Å². The first-order valence-electron chi connectivity index (χ1n) is 5.62. The average molecular weight is 269 g/mol. The highest BCUT2D eigenvalue weighted by atomic mass is 35.5. The quantitative estimate of drug-likeness (QED) is 0.875. The van der Waals surface area contributed by atoms with Crippen LogP contribution in [-0.4, -0.2) is 11.5 Å². The van der Waals surface area contributed by atoms with E-state index in [0.717, 1.165) is 40.1 Å².